The smallest absolute Gasteiger partial charge is 0.309 e. The molecule has 0 aliphatic rings. The zero-order valence-corrected chi connectivity index (χ0v) is 11.0. The third kappa shape index (κ3) is 3.03. The molecule has 2 N–H and O–H groups in total. The number of hydrogen-bond donors (Lipinski definition) is 2. The molecule has 1 aromatic carbocycles. The van der Waals surface area contributed by atoms with Crippen LogP contribution in [-0.4, -0.2) is 21.8 Å². The second-order valence-electron chi connectivity index (χ2n) is 4.25. The molecule has 0 spiro atoms. The molecule has 4 nitrogen and oxygen atoms in total. The molecule has 0 unspecified atom stereocenters. The van der Waals surface area contributed by atoms with Crippen molar-refractivity contribution in [2.24, 2.45) is 0 Å². The van der Waals surface area contributed by atoms with E-state index in [1.54, 1.807) is 37.3 Å². The zero-order chi connectivity index (χ0) is 14.0. The SMILES string of the molecule is Cc1cc(C(=O)c2cccc(Cl)c2)[nH]c1CC(=O)O. The Morgan fingerprint density at radius 1 is 1.32 bits per heavy atom. The molecule has 2 aromatic rings. The molecule has 5 heteroatoms. The number of benzene rings is 1. The van der Waals surface area contributed by atoms with Crippen molar-refractivity contribution in [3.05, 3.63) is 57.9 Å². The molecule has 0 bridgehead atoms. The molecule has 1 heterocycles. The number of aliphatic carboxylic acids is 1. The van der Waals surface area contributed by atoms with Gasteiger partial charge in [-0.1, -0.05) is 23.7 Å². The van der Waals surface area contributed by atoms with Crippen molar-refractivity contribution >= 4 is 23.4 Å². The maximum Gasteiger partial charge on any atom is 0.309 e. The van der Waals surface area contributed by atoms with E-state index < -0.39 is 5.97 Å². The predicted octanol–water partition coefficient (Wildman–Crippen LogP) is 2.83. The van der Waals surface area contributed by atoms with Gasteiger partial charge >= 0.3 is 5.97 Å². The van der Waals surface area contributed by atoms with Crippen LogP contribution in [-0.2, 0) is 11.2 Å². The largest absolute Gasteiger partial charge is 0.481 e. The van der Waals surface area contributed by atoms with Gasteiger partial charge in [0, 0.05) is 16.3 Å². The lowest BCUT2D eigenvalue weighted by Gasteiger charge is -1.99. The Bertz CT molecular complexity index is 646. The summed E-state index contributed by atoms with van der Waals surface area (Å²) in [5.41, 5.74) is 2.14. The lowest BCUT2D eigenvalue weighted by atomic mass is 10.1. The molecular formula is C14H12ClNO3. The Balaban J connectivity index is 2.32. The van der Waals surface area contributed by atoms with Crippen LogP contribution in [0.5, 0.6) is 0 Å². The minimum atomic E-state index is -0.938. The molecule has 0 saturated heterocycles. The van der Waals surface area contributed by atoms with E-state index in [1.807, 2.05) is 0 Å². The minimum absolute atomic E-state index is 0.130. The van der Waals surface area contributed by atoms with E-state index in [-0.39, 0.29) is 12.2 Å². The van der Waals surface area contributed by atoms with E-state index in [0.717, 1.165) is 5.56 Å². The molecular weight excluding hydrogens is 266 g/mol. The summed E-state index contributed by atoms with van der Waals surface area (Å²) in [5, 5.41) is 9.26. The van der Waals surface area contributed by atoms with Crippen molar-refractivity contribution in [1.82, 2.24) is 4.98 Å². The first kappa shape index (κ1) is 13.4. The van der Waals surface area contributed by atoms with E-state index >= 15 is 0 Å². The van der Waals surface area contributed by atoms with Crippen molar-refractivity contribution in [2.75, 3.05) is 0 Å². The van der Waals surface area contributed by atoms with Gasteiger partial charge in [-0.2, -0.15) is 0 Å². The van der Waals surface area contributed by atoms with E-state index in [9.17, 15) is 9.59 Å². The van der Waals surface area contributed by atoms with Crippen LogP contribution in [0.1, 0.15) is 27.3 Å². The highest BCUT2D eigenvalue weighted by molar-refractivity contribution is 6.31. The fourth-order valence-corrected chi connectivity index (χ4v) is 2.03. The molecule has 1 aromatic heterocycles. The monoisotopic (exact) mass is 277 g/mol. The van der Waals surface area contributed by atoms with Crippen LogP contribution >= 0.6 is 11.6 Å². The Morgan fingerprint density at radius 2 is 2.05 bits per heavy atom. The molecule has 19 heavy (non-hydrogen) atoms. The summed E-state index contributed by atoms with van der Waals surface area (Å²) < 4.78 is 0. The zero-order valence-electron chi connectivity index (χ0n) is 10.2. The van der Waals surface area contributed by atoms with Gasteiger partial charge in [-0.15, -0.1) is 0 Å². The fourth-order valence-electron chi connectivity index (χ4n) is 1.84. The summed E-state index contributed by atoms with van der Waals surface area (Å²) in [4.78, 5) is 25.8. The molecule has 0 aliphatic heterocycles. The van der Waals surface area contributed by atoms with Crippen LogP contribution < -0.4 is 0 Å². The van der Waals surface area contributed by atoms with Gasteiger partial charge in [0.1, 0.15) is 0 Å². The van der Waals surface area contributed by atoms with Crippen LogP contribution in [0.2, 0.25) is 5.02 Å². The normalized spacial score (nSPS) is 10.4. The van der Waals surface area contributed by atoms with Crippen molar-refractivity contribution < 1.29 is 14.7 Å². The number of carboxylic acids is 1. The van der Waals surface area contributed by atoms with E-state index in [1.165, 1.54) is 0 Å². The summed E-state index contributed by atoms with van der Waals surface area (Å²) in [6.07, 6.45) is -0.130. The number of H-pyrrole nitrogens is 1. The van der Waals surface area contributed by atoms with Gasteiger partial charge in [-0.3, -0.25) is 9.59 Å². The minimum Gasteiger partial charge on any atom is -0.481 e. The van der Waals surface area contributed by atoms with Crippen molar-refractivity contribution in [3.8, 4) is 0 Å². The molecule has 0 atom stereocenters. The average molecular weight is 278 g/mol. The predicted molar refractivity (Wildman–Crippen MR) is 71.8 cm³/mol. The second kappa shape index (κ2) is 5.28. The van der Waals surface area contributed by atoms with Gasteiger partial charge in [-0.05, 0) is 30.7 Å². The highest BCUT2D eigenvalue weighted by atomic mass is 35.5. The first-order chi connectivity index (χ1) is 8.97. The Labute approximate surface area is 115 Å². The first-order valence-corrected chi connectivity index (χ1v) is 6.05. The number of aryl methyl sites for hydroxylation is 1. The van der Waals surface area contributed by atoms with Gasteiger partial charge in [0.2, 0.25) is 5.78 Å². The number of aromatic nitrogens is 1. The highest BCUT2D eigenvalue weighted by Gasteiger charge is 2.15. The Kier molecular flexibility index (Phi) is 3.71. The number of halogens is 1. The molecule has 2 rings (SSSR count). The van der Waals surface area contributed by atoms with E-state index in [0.29, 0.717) is 22.0 Å². The Morgan fingerprint density at radius 3 is 2.68 bits per heavy atom. The van der Waals surface area contributed by atoms with Crippen LogP contribution in [0.3, 0.4) is 0 Å². The maximum atomic E-state index is 12.2. The van der Waals surface area contributed by atoms with Crippen molar-refractivity contribution in [3.63, 3.8) is 0 Å². The van der Waals surface area contributed by atoms with Crippen molar-refractivity contribution in [2.45, 2.75) is 13.3 Å². The number of carboxylic acid groups (broad SMARTS) is 1. The number of aromatic amines is 1. The topological polar surface area (TPSA) is 70.2 Å². The summed E-state index contributed by atoms with van der Waals surface area (Å²) in [6.45, 7) is 1.77. The number of nitrogens with one attached hydrogen (secondary N) is 1. The van der Waals surface area contributed by atoms with E-state index in [2.05, 4.69) is 4.98 Å². The Hall–Kier alpha value is -2.07. The maximum absolute atomic E-state index is 12.2. The van der Waals surface area contributed by atoms with Gasteiger partial charge in [0.05, 0.1) is 12.1 Å². The van der Waals surface area contributed by atoms with Crippen molar-refractivity contribution in [1.29, 1.82) is 0 Å². The molecule has 0 fully saturated rings. The van der Waals surface area contributed by atoms with Crippen LogP contribution in [0.25, 0.3) is 0 Å². The molecule has 0 radical (unpaired) electrons. The standard InChI is InChI=1S/C14H12ClNO3/c1-8-5-12(16-11(8)7-13(17)18)14(19)9-3-2-4-10(15)6-9/h2-6,16H,7H2,1H3,(H,17,18). The highest BCUT2D eigenvalue weighted by Crippen LogP contribution is 2.17. The molecule has 0 amide bonds. The number of rotatable bonds is 4. The van der Waals surface area contributed by atoms with Crippen LogP contribution in [0.15, 0.2) is 30.3 Å². The van der Waals surface area contributed by atoms with E-state index in [4.69, 9.17) is 16.7 Å². The van der Waals surface area contributed by atoms with Crippen LogP contribution in [0.4, 0.5) is 0 Å². The molecule has 0 aliphatic carbocycles. The average Bonchev–Trinajstić information content (AvgIpc) is 2.69. The lowest BCUT2D eigenvalue weighted by molar-refractivity contribution is -0.136. The summed E-state index contributed by atoms with van der Waals surface area (Å²) in [7, 11) is 0. The summed E-state index contributed by atoms with van der Waals surface area (Å²) in [5.74, 6) is -1.14. The van der Waals surface area contributed by atoms with Crippen LogP contribution in [0, 0.1) is 6.92 Å². The fraction of sp³-hybridized carbons (Fsp3) is 0.143. The van der Waals surface area contributed by atoms with Gasteiger partial charge < -0.3 is 10.1 Å². The second-order valence-corrected chi connectivity index (χ2v) is 4.69. The first-order valence-electron chi connectivity index (χ1n) is 5.68. The van der Waals surface area contributed by atoms with Gasteiger partial charge in [0.25, 0.3) is 0 Å². The number of carbonyl (C=O) groups excluding carboxylic acids is 1. The summed E-state index contributed by atoms with van der Waals surface area (Å²) in [6, 6.07) is 8.29. The van der Waals surface area contributed by atoms with Gasteiger partial charge in [-0.25, -0.2) is 0 Å². The third-order valence-electron chi connectivity index (χ3n) is 2.78. The molecule has 98 valence electrons. The van der Waals surface area contributed by atoms with Gasteiger partial charge in [0.15, 0.2) is 0 Å². The number of hydrogen-bond acceptors (Lipinski definition) is 2. The number of carbonyl (C=O) groups is 2. The molecule has 0 saturated carbocycles. The third-order valence-corrected chi connectivity index (χ3v) is 3.02. The lowest BCUT2D eigenvalue weighted by Crippen LogP contribution is -2.04. The summed E-state index contributed by atoms with van der Waals surface area (Å²) >= 11 is 5.84. The number of ketones is 1. The quantitative estimate of drug-likeness (QED) is 0.844.